The topological polar surface area (TPSA) is 43.3 Å². The van der Waals surface area contributed by atoms with Crippen LogP contribution in [0.2, 0.25) is 0 Å². The molecule has 0 saturated carbocycles. The number of benzene rings is 1. The number of aromatic nitrogens is 2. The van der Waals surface area contributed by atoms with Crippen molar-refractivity contribution in [2.75, 3.05) is 5.73 Å². The largest absolute Gasteiger partial charge is 0.397 e. The Hall–Kier alpha value is -2.29. The lowest BCUT2D eigenvalue weighted by Gasteiger charge is -1.99. The van der Waals surface area contributed by atoms with Crippen molar-refractivity contribution in [3.05, 3.63) is 54.4 Å². The van der Waals surface area contributed by atoms with E-state index in [-0.39, 0.29) is 0 Å². The van der Waals surface area contributed by atoms with Crippen molar-refractivity contribution in [3.8, 4) is 11.3 Å². The number of nitrogen functional groups attached to an aromatic ring is 1. The highest BCUT2D eigenvalue weighted by molar-refractivity contribution is 5.64. The molecule has 2 N–H and O–H groups in total. The second-order valence-electron chi connectivity index (χ2n) is 4.17. The molecule has 0 atom stereocenters. The normalized spacial score (nSPS) is 10.9. The zero-order chi connectivity index (χ0) is 11.8. The van der Waals surface area contributed by atoms with Crippen molar-refractivity contribution >= 4 is 11.3 Å². The van der Waals surface area contributed by atoms with Gasteiger partial charge in [-0.05, 0) is 18.6 Å². The third kappa shape index (κ3) is 1.65. The third-order valence-corrected chi connectivity index (χ3v) is 2.91. The lowest BCUT2D eigenvalue weighted by atomic mass is 10.2. The highest BCUT2D eigenvalue weighted by atomic mass is 15.0. The van der Waals surface area contributed by atoms with E-state index >= 15 is 0 Å². The maximum atomic E-state index is 5.89. The summed E-state index contributed by atoms with van der Waals surface area (Å²) in [5.41, 5.74) is 10.7. The first-order valence-electron chi connectivity index (χ1n) is 5.54. The third-order valence-electron chi connectivity index (χ3n) is 2.91. The lowest BCUT2D eigenvalue weighted by molar-refractivity contribution is 1.18. The zero-order valence-corrected chi connectivity index (χ0v) is 9.59. The van der Waals surface area contributed by atoms with Crippen LogP contribution in [0.3, 0.4) is 0 Å². The number of nitrogens with two attached hydrogens (primary N) is 1. The Balaban J connectivity index is 2.21. The summed E-state index contributed by atoms with van der Waals surface area (Å²) in [6.45, 7) is 1.99. The summed E-state index contributed by atoms with van der Waals surface area (Å²) in [6.07, 6.45) is 3.91. The zero-order valence-electron chi connectivity index (χ0n) is 9.59. The van der Waals surface area contributed by atoms with Crippen LogP contribution in [0.25, 0.3) is 16.9 Å². The van der Waals surface area contributed by atoms with Gasteiger partial charge >= 0.3 is 0 Å². The van der Waals surface area contributed by atoms with Crippen LogP contribution in [0.1, 0.15) is 5.56 Å². The Morgan fingerprint density at radius 2 is 1.88 bits per heavy atom. The van der Waals surface area contributed by atoms with Crippen LogP contribution in [0.15, 0.2) is 48.8 Å². The second kappa shape index (κ2) is 3.63. The second-order valence-corrected chi connectivity index (χ2v) is 4.17. The van der Waals surface area contributed by atoms with Gasteiger partial charge in [0.05, 0.1) is 11.4 Å². The molecule has 3 heteroatoms. The van der Waals surface area contributed by atoms with Gasteiger partial charge in [-0.1, -0.05) is 30.3 Å². The molecule has 0 fully saturated rings. The number of fused-ring (bicyclic) bond motifs is 1. The van der Waals surface area contributed by atoms with E-state index in [1.54, 1.807) is 0 Å². The Kier molecular flexibility index (Phi) is 2.11. The van der Waals surface area contributed by atoms with Crippen LogP contribution in [0.4, 0.5) is 5.69 Å². The molecular weight excluding hydrogens is 210 g/mol. The van der Waals surface area contributed by atoms with Crippen LogP contribution < -0.4 is 5.73 Å². The van der Waals surface area contributed by atoms with Crippen molar-refractivity contribution in [2.45, 2.75) is 6.92 Å². The molecule has 0 aliphatic heterocycles. The molecule has 0 unspecified atom stereocenters. The summed E-state index contributed by atoms with van der Waals surface area (Å²) in [5.74, 6) is 0. The minimum atomic E-state index is 0.787. The molecule has 3 nitrogen and oxygen atoms in total. The van der Waals surface area contributed by atoms with Crippen molar-refractivity contribution in [1.82, 2.24) is 9.38 Å². The highest BCUT2D eigenvalue weighted by Gasteiger charge is 2.05. The number of imidazole rings is 1. The number of rotatable bonds is 1. The predicted molar refractivity (Wildman–Crippen MR) is 69.8 cm³/mol. The van der Waals surface area contributed by atoms with Crippen LogP contribution in [0.5, 0.6) is 0 Å². The Bertz CT molecular complexity index is 630. The molecule has 0 amide bonds. The minimum absolute atomic E-state index is 0.787. The van der Waals surface area contributed by atoms with Gasteiger partial charge < -0.3 is 10.1 Å². The van der Waals surface area contributed by atoms with Gasteiger partial charge in [0.1, 0.15) is 5.65 Å². The number of nitrogens with zero attached hydrogens (tertiary/aromatic N) is 2. The molecule has 0 spiro atoms. The van der Waals surface area contributed by atoms with E-state index in [1.165, 1.54) is 0 Å². The minimum Gasteiger partial charge on any atom is -0.397 e. The molecule has 2 aromatic heterocycles. The molecule has 0 radical (unpaired) electrons. The highest BCUT2D eigenvalue weighted by Crippen LogP contribution is 2.21. The molecule has 1 aromatic carbocycles. The molecule has 0 bridgehead atoms. The average molecular weight is 223 g/mol. The van der Waals surface area contributed by atoms with Gasteiger partial charge in [-0.3, -0.25) is 0 Å². The van der Waals surface area contributed by atoms with Crippen LogP contribution >= 0.6 is 0 Å². The molecule has 84 valence electrons. The van der Waals surface area contributed by atoms with Crippen molar-refractivity contribution in [3.63, 3.8) is 0 Å². The quantitative estimate of drug-likeness (QED) is 0.689. The number of hydrogen-bond acceptors (Lipinski definition) is 2. The molecule has 3 aromatic rings. The van der Waals surface area contributed by atoms with E-state index < -0.39 is 0 Å². The summed E-state index contributed by atoms with van der Waals surface area (Å²) in [6, 6.07) is 12.1. The predicted octanol–water partition coefficient (Wildman–Crippen LogP) is 2.89. The molecular formula is C14H13N3. The smallest absolute Gasteiger partial charge is 0.137 e. The number of aryl methyl sites for hydroxylation is 1. The van der Waals surface area contributed by atoms with Gasteiger partial charge in [-0.2, -0.15) is 0 Å². The maximum absolute atomic E-state index is 5.89. The Labute approximate surface area is 99.5 Å². The molecule has 0 aliphatic rings. The van der Waals surface area contributed by atoms with Gasteiger partial charge in [0.2, 0.25) is 0 Å². The van der Waals surface area contributed by atoms with Gasteiger partial charge in [-0.15, -0.1) is 0 Å². The fourth-order valence-corrected chi connectivity index (χ4v) is 1.89. The van der Waals surface area contributed by atoms with Gasteiger partial charge in [0.15, 0.2) is 0 Å². The molecule has 3 rings (SSSR count). The number of pyridine rings is 1. The Morgan fingerprint density at radius 1 is 1.12 bits per heavy atom. The molecule has 17 heavy (non-hydrogen) atoms. The summed E-state index contributed by atoms with van der Waals surface area (Å²) >= 11 is 0. The standard InChI is InChI=1S/C14H13N3/c1-10-7-14-16-13(9-17(14)8-12(10)15)11-5-3-2-4-6-11/h2-9H,15H2,1H3. The molecule has 0 saturated heterocycles. The van der Waals surface area contributed by atoms with Crippen LogP contribution in [-0.4, -0.2) is 9.38 Å². The summed E-state index contributed by atoms with van der Waals surface area (Å²) in [4.78, 5) is 4.59. The van der Waals surface area contributed by atoms with E-state index in [1.807, 2.05) is 48.0 Å². The fourth-order valence-electron chi connectivity index (χ4n) is 1.89. The SMILES string of the molecule is Cc1cc2nc(-c3ccccc3)cn2cc1N. The van der Waals surface area contributed by atoms with E-state index in [0.717, 1.165) is 28.2 Å². The van der Waals surface area contributed by atoms with Gasteiger partial charge in [0, 0.05) is 18.0 Å². The van der Waals surface area contributed by atoms with Gasteiger partial charge in [-0.25, -0.2) is 4.98 Å². The van der Waals surface area contributed by atoms with Crippen molar-refractivity contribution in [2.24, 2.45) is 0 Å². The van der Waals surface area contributed by atoms with Gasteiger partial charge in [0.25, 0.3) is 0 Å². The lowest BCUT2D eigenvalue weighted by Crippen LogP contribution is -1.93. The van der Waals surface area contributed by atoms with Crippen molar-refractivity contribution < 1.29 is 0 Å². The maximum Gasteiger partial charge on any atom is 0.137 e. The summed E-state index contributed by atoms with van der Waals surface area (Å²) in [7, 11) is 0. The molecule has 0 aliphatic carbocycles. The average Bonchev–Trinajstić information content (AvgIpc) is 2.74. The number of hydrogen-bond donors (Lipinski definition) is 1. The summed E-state index contributed by atoms with van der Waals surface area (Å²) < 4.78 is 1.96. The first-order chi connectivity index (χ1) is 8.24. The van der Waals surface area contributed by atoms with Crippen LogP contribution in [-0.2, 0) is 0 Å². The first-order valence-corrected chi connectivity index (χ1v) is 5.54. The van der Waals surface area contributed by atoms with Crippen LogP contribution in [0, 0.1) is 6.92 Å². The van der Waals surface area contributed by atoms with E-state index in [0.29, 0.717) is 0 Å². The Morgan fingerprint density at radius 3 is 2.65 bits per heavy atom. The molecule has 2 heterocycles. The van der Waals surface area contributed by atoms with Crippen molar-refractivity contribution in [1.29, 1.82) is 0 Å². The number of anilines is 1. The van der Waals surface area contributed by atoms with E-state index in [2.05, 4.69) is 17.1 Å². The first kappa shape index (κ1) is 9.90. The fraction of sp³-hybridized carbons (Fsp3) is 0.0714. The van der Waals surface area contributed by atoms with E-state index in [4.69, 9.17) is 5.73 Å². The monoisotopic (exact) mass is 223 g/mol. The summed E-state index contributed by atoms with van der Waals surface area (Å²) in [5, 5.41) is 0. The van der Waals surface area contributed by atoms with E-state index in [9.17, 15) is 0 Å².